The Kier molecular flexibility index (Phi) is 6.74. The summed E-state index contributed by atoms with van der Waals surface area (Å²) in [6.45, 7) is 2.43. The first-order valence-electron chi connectivity index (χ1n) is 10.2. The van der Waals surface area contributed by atoms with E-state index in [1.807, 2.05) is 55.5 Å². The maximum atomic E-state index is 12.9. The van der Waals surface area contributed by atoms with Gasteiger partial charge in [-0.05, 0) is 35.4 Å². The van der Waals surface area contributed by atoms with Gasteiger partial charge in [0.1, 0.15) is 6.54 Å². The van der Waals surface area contributed by atoms with Crippen LogP contribution in [0.3, 0.4) is 0 Å². The molecule has 2 heterocycles. The predicted octanol–water partition coefficient (Wildman–Crippen LogP) is 4.10. The molecule has 2 aromatic heterocycles. The molecule has 2 aromatic carbocycles. The summed E-state index contributed by atoms with van der Waals surface area (Å²) < 4.78 is 8.42. The van der Waals surface area contributed by atoms with Crippen molar-refractivity contribution in [2.24, 2.45) is 0 Å². The van der Waals surface area contributed by atoms with Crippen LogP contribution in [-0.4, -0.2) is 34.0 Å². The summed E-state index contributed by atoms with van der Waals surface area (Å²) in [5.74, 6) is 0.179. The fourth-order valence-electron chi connectivity index (χ4n) is 3.67. The molecule has 0 saturated heterocycles. The van der Waals surface area contributed by atoms with E-state index in [9.17, 15) is 9.59 Å². The van der Waals surface area contributed by atoms with Gasteiger partial charge in [-0.25, -0.2) is 9.48 Å². The molecule has 7 nitrogen and oxygen atoms in total. The first-order chi connectivity index (χ1) is 15.5. The lowest BCUT2D eigenvalue weighted by molar-refractivity contribution is -0.122. The van der Waals surface area contributed by atoms with Gasteiger partial charge in [0.2, 0.25) is 5.91 Å². The Balaban J connectivity index is 1.56. The molecule has 0 aliphatic rings. The third-order valence-corrected chi connectivity index (χ3v) is 6.42. The second-order valence-electron chi connectivity index (χ2n) is 7.37. The van der Waals surface area contributed by atoms with Crippen LogP contribution in [0, 0.1) is 0 Å². The van der Waals surface area contributed by atoms with E-state index in [0.717, 1.165) is 21.2 Å². The lowest BCUT2D eigenvalue weighted by Crippen LogP contribution is -2.35. The Morgan fingerprint density at radius 1 is 1.19 bits per heavy atom. The maximum absolute atomic E-state index is 12.9. The highest BCUT2D eigenvalue weighted by molar-refractivity contribution is 7.19. The van der Waals surface area contributed by atoms with E-state index in [0.29, 0.717) is 23.3 Å². The van der Waals surface area contributed by atoms with Crippen molar-refractivity contribution in [3.8, 4) is 10.7 Å². The van der Waals surface area contributed by atoms with Gasteiger partial charge in [-0.15, -0.1) is 16.4 Å². The molecule has 166 valence electrons. The van der Waals surface area contributed by atoms with Crippen molar-refractivity contribution in [3.05, 3.63) is 75.0 Å². The minimum absolute atomic E-state index is 0.181. The normalized spacial score (nSPS) is 12.2. The number of hydrogen-bond donors (Lipinski definition) is 1. The molecular formula is C23H23ClN4O3S. The highest BCUT2D eigenvalue weighted by atomic mass is 35.5. The van der Waals surface area contributed by atoms with Crippen molar-refractivity contribution >= 4 is 39.6 Å². The van der Waals surface area contributed by atoms with Crippen molar-refractivity contribution in [2.45, 2.75) is 26.1 Å². The largest absolute Gasteiger partial charge is 0.383 e. The van der Waals surface area contributed by atoms with E-state index in [-0.39, 0.29) is 24.2 Å². The molecule has 0 spiro atoms. The van der Waals surface area contributed by atoms with Gasteiger partial charge in [-0.3, -0.25) is 9.36 Å². The van der Waals surface area contributed by atoms with Gasteiger partial charge in [-0.2, -0.15) is 0 Å². The number of ether oxygens (including phenoxy) is 1. The summed E-state index contributed by atoms with van der Waals surface area (Å²) in [6.07, 6.45) is 0. The molecule has 0 aliphatic carbocycles. The van der Waals surface area contributed by atoms with Gasteiger partial charge >= 0.3 is 5.69 Å². The highest BCUT2D eigenvalue weighted by Gasteiger charge is 2.19. The molecule has 0 bridgehead atoms. The third-order valence-electron chi connectivity index (χ3n) is 5.20. The lowest BCUT2D eigenvalue weighted by Gasteiger charge is -2.16. The van der Waals surface area contributed by atoms with Crippen LogP contribution in [-0.2, 0) is 22.6 Å². The summed E-state index contributed by atoms with van der Waals surface area (Å²) in [5, 5.41) is 9.60. The molecule has 1 atom stereocenters. The second kappa shape index (κ2) is 9.68. The molecule has 0 unspecified atom stereocenters. The molecule has 4 rings (SSSR count). The zero-order valence-electron chi connectivity index (χ0n) is 17.7. The number of aromatic nitrogens is 3. The fraction of sp³-hybridized carbons (Fsp3) is 0.261. The summed E-state index contributed by atoms with van der Waals surface area (Å²) in [7, 11) is 1.57. The van der Waals surface area contributed by atoms with Crippen molar-refractivity contribution in [1.82, 2.24) is 19.7 Å². The number of nitrogens with zero attached hydrogens (tertiary/aromatic N) is 3. The highest BCUT2D eigenvalue weighted by Crippen LogP contribution is 2.29. The topological polar surface area (TPSA) is 78.2 Å². The Morgan fingerprint density at radius 3 is 2.72 bits per heavy atom. The van der Waals surface area contributed by atoms with Gasteiger partial charge in [0.15, 0.2) is 5.82 Å². The molecule has 1 N–H and O–H groups in total. The van der Waals surface area contributed by atoms with E-state index in [1.54, 1.807) is 13.2 Å². The average molecular weight is 471 g/mol. The molecule has 32 heavy (non-hydrogen) atoms. The van der Waals surface area contributed by atoms with Gasteiger partial charge in [-0.1, -0.05) is 54.1 Å². The van der Waals surface area contributed by atoms with Gasteiger partial charge in [0, 0.05) is 7.11 Å². The first kappa shape index (κ1) is 22.3. The Labute approximate surface area is 194 Å². The van der Waals surface area contributed by atoms with Gasteiger partial charge in [0.25, 0.3) is 0 Å². The Morgan fingerprint density at radius 2 is 1.97 bits per heavy atom. The van der Waals surface area contributed by atoms with E-state index in [4.69, 9.17) is 16.3 Å². The van der Waals surface area contributed by atoms with Gasteiger partial charge < -0.3 is 10.1 Å². The standard InChI is InChI=1S/C23H23ClN4O3S/c1-15(17-9-5-7-16-6-3-4-8-18(16)17)25-21(29)14-28-23(30)27(12-13-31-2)22(26-28)19-10-11-20(24)32-19/h3-11,15H,12-14H2,1-2H3,(H,25,29)/t15-/m0/s1. The quantitative estimate of drug-likeness (QED) is 0.420. The first-order valence-corrected chi connectivity index (χ1v) is 11.4. The molecule has 4 aromatic rings. The number of thiophene rings is 1. The molecule has 0 saturated carbocycles. The minimum Gasteiger partial charge on any atom is -0.383 e. The number of benzene rings is 2. The Hall–Kier alpha value is -2.94. The Bertz CT molecular complexity index is 1300. The number of carbonyl (C=O) groups is 1. The molecule has 0 aliphatic heterocycles. The van der Waals surface area contributed by atoms with E-state index >= 15 is 0 Å². The molecule has 0 radical (unpaired) electrons. The zero-order chi connectivity index (χ0) is 22.7. The summed E-state index contributed by atoms with van der Waals surface area (Å²) >= 11 is 7.39. The van der Waals surface area contributed by atoms with Gasteiger partial charge in [0.05, 0.1) is 28.4 Å². The number of fused-ring (bicyclic) bond motifs is 1. The summed E-state index contributed by atoms with van der Waals surface area (Å²) in [4.78, 5) is 26.5. The minimum atomic E-state index is -0.366. The van der Waals surface area contributed by atoms with E-state index < -0.39 is 0 Å². The van der Waals surface area contributed by atoms with Crippen LogP contribution in [0.2, 0.25) is 4.34 Å². The van der Waals surface area contributed by atoms with Crippen LogP contribution in [0.4, 0.5) is 0 Å². The van der Waals surface area contributed by atoms with Crippen molar-refractivity contribution in [3.63, 3.8) is 0 Å². The average Bonchev–Trinajstić information content (AvgIpc) is 3.35. The number of hydrogen-bond acceptors (Lipinski definition) is 5. The summed E-state index contributed by atoms with van der Waals surface area (Å²) in [5.41, 5.74) is 0.651. The van der Waals surface area contributed by atoms with Crippen molar-refractivity contribution in [2.75, 3.05) is 13.7 Å². The lowest BCUT2D eigenvalue weighted by atomic mass is 10.00. The number of methoxy groups -OCH3 is 1. The monoisotopic (exact) mass is 470 g/mol. The SMILES string of the molecule is COCCn1c(-c2ccc(Cl)s2)nn(CC(=O)N[C@@H](C)c2cccc3ccccc23)c1=O. The van der Waals surface area contributed by atoms with Crippen LogP contribution >= 0.6 is 22.9 Å². The second-order valence-corrected chi connectivity index (χ2v) is 9.08. The molecule has 9 heteroatoms. The predicted molar refractivity (Wildman–Crippen MR) is 127 cm³/mol. The smallest absolute Gasteiger partial charge is 0.346 e. The van der Waals surface area contributed by atoms with Crippen LogP contribution in [0.15, 0.2) is 59.4 Å². The van der Waals surface area contributed by atoms with Crippen LogP contribution in [0.25, 0.3) is 21.5 Å². The number of carbonyl (C=O) groups excluding carboxylic acids is 1. The molecular weight excluding hydrogens is 448 g/mol. The van der Waals surface area contributed by atoms with Crippen LogP contribution < -0.4 is 11.0 Å². The van der Waals surface area contributed by atoms with Crippen LogP contribution in [0.5, 0.6) is 0 Å². The van der Waals surface area contributed by atoms with Crippen molar-refractivity contribution in [1.29, 1.82) is 0 Å². The zero-order valence-corrected chi connectivity index (χ0v) is 19.3. The third kappa shape index (κ3) is 4.62. The number of halogens is 1. The number of nitrogens with one attached hydrogen (secondary N) is 1. The number of rotatable bonds is 8. The molecule has 0 fully saturated rings. The van der Waals surface area contributed by atoms with Crippen molar-refractivity contribution < 1.29 is 9.53 Å². The number of amides is 1. The van der Waals surface area contributed by atoms with E-state index in [2.05, 4.69) is 10.4 Å². The fourth-order valence-corrected chi connectivity index (χ4v) is 4.71. The van der Waals surface area contributed by atoms with Crippen LogP contribution in [0.1, 0.15) is 18.5 Å². The molecule has 1 amide bonds. The van der Waals surface area contributed by atoms with E-state index in [1.165, 1.54) is 20.6 Å². The summed E-state index contributed by atoms with van der Waals surface area (Å²) in [6, 6.07) is 17.4. The maximum Gasteiger partial charge on any atom is 0.346 e.